The Morgan fingerprint density at radius 1 is 1.32 bits per heavy atom. The Kier molecular flexibility index (Phi) is 4.66. The number of amides is 1. The molecule has 1 N–H and O–H groups in total. The van der Waals surface area contributed by atoms with Crippen molar-refractivity contribution in [1.29, 1.82) is 0 Å². The zero-order valence-corrected chi connectivity index (χ0v) is 13.3. The van der Waals surface area contributed by atoms with Gasteiger partial charge in [0.2, 0.25) is 0 Å². The molecule has 0 saturated carbocycles. The minimum absolute atomic E-state index is 0.147. The van der Waals surface area contributed by atoms with Gasteiger partial charge in [-0.1, -0.05) is 6.07 Å². The molecule has 2 heterocycles. The van der Waals surface area contributed by atoms with Gasteiger partial charge in [-0.05, 0) is 35.7 Å². The maximum atomic E-state index is 13.2. The first-order chi connectivity index (χ1) is 12.0. The second kappa shape index (κ2) is 7.05. The molecule has 0 aliphatic heterocycles. The van der Waals surface area contributed by atoms with Gasteiger partial charge >= 0.3 is 0 Å². The van der Waals surface area contributed by atoms with E-state index in [1.807, 2.05) is 0 Å². The van der Waals surface area contributed by atoms with E-state index in [1.54, 1.807) is 17.5 Å². The van der Waals surface area contributed by atoms with Crippen LogP contribution in [0.5, 0.6) is 0 Å². The van der Waals surface area contributed by atoms with E-state index < -0.39 is 16.4 Å². The number of nitro groups is 1. The first-order valence-electron chi connectivity index (χ1n) is 6.95. The van der Waals surface area contributed by atoms with Crippen LogP contribution in [0.25, 0.3) is 11.3 Å². The van der Waals surface area contributed by atoms with Crippen LogP contribution in [0.3, 0.4) is 0 Å². The zero-order chi connectivity index (χ0) is 17.8. The summed E-state index contributed by atoms with van der Waals surface area (Å²) in [6.45, 7) is 0. The Balaban J connectivity index is 1.76. The van der Waals surface area contributed by atoms with Gasteiger partial charge in [0.15, 0.2) is 0 Å². The lowest BCUT2D eigenvalue weighted by molar-refractivity contribution is -0.384. The van der Waals surface area contributed by atoms with Gasteiger partial charge in [0.05, 0.1) is 27.6 Å². The van der Waals surface area contributed by atoms with Crippen LogP contribution >= 0.6 is 11.3 Å². The minimum Gasteiger partial charge on any atom is -0.455 e. The second-order valence-corrected chi connectivity index (χ2v) is 5.74. The molecule has 0 bridgehead atoms. The number of nitrogens with zero attached hydrogens (tertiary/aromatic N) is 2. The SMILES string of the molecule is O=C(N/N=C\c1ccc(-c2ccc(F)cc2[N+](=O)[O-])o1)c1cccs1. The summed E-state index contributed by atoms with van der Waals surface area (Å²) >= 11 is 1.28. The first kappa shape index (κ1) is 16.5. The number of hydrogen-bond donors (Lipinski definition) is 1. The molecule has 0 radical (unpaired) electrons. The van der Waals surface area contributed by atoms with E-state index in [0.717, 1.165) is 12.1 Å². The lowest BCUT2D eigenvalue weighted by atomic mass is 10.1. The minimum atomic E-state index is -0.708. The van der Waals surface area contributed by atoms with Crippen molar-refractivity contribution >= 4 is 29.1 Å². The van der Waals surface area contributed by atoms with Gasteiger partial charge in [-0.25, -0.2) is 9.82 Å². The Morgan fingerprint density at radius 3 is 2.88 bits per heavy atom. The number of carbonyl (C=O) groups is 1. The maximum absolute atomic E-state index is 13.2. The van der Waals surface area contributed by atoms with E-state index in [0.29, 0.717) is 4.88 Å². The maximum Gasteiger partial charge on any atom is 0.283 e. The molecule has 0 fully saturated rings. The Morgan fingerprint density at radius 2 is 2.16 bits per heavy atom. The van der Waals surface area contributed by atoms with Crippen molar-refractivity contribution in [3.63, 3.8) is 0 Å². The van der Waals surface area contributed by atoms with Crippen molar-refractivity contribution < 1.29 is 18.5 Å². The molecular weight excluding hydrogens is 349 g/mol. The van der Waals surface area contributed by atoms with Crippen molar-refractivity contribution in [3.8, 4) is 11.3 Å². The summed E-state index contributed by atoms with van der Waals surface area (Å²) in [5.41, 5.74) is 2.09. The zero-order valence-electron chi connectivity index (χ0n) is 12.5. The summed E-state index contributed by atoms with van der Waals surface area (Å²) in [6, 6.07) is 9.65. The highest BCUT2D eigenvalue weighted by Gasteiger charge is 2.19. The van der Waals surface area contributed by atoms with Gasteiger partial charge in [-0.2, -0.15) is 5.10 Å². The fourth-order valence-corrected chi connectivity index (χ4v) is 2.66. The van der Waals surface area contributed by atoms with Crippen LogP contribution in [0.1, 0.15) is 15.4 Å². The highest BCUT2D eigenvalue weighted by atomic mass is 32.1. The molecule has 0 aliphatic rings. The molecular formula is C16H10FN3O4S. The van der Waals surface area contributed by atoms with Gasteiger partial charge in [-0.3, -0.25) is 14.9 Å². The Bertz CT molecular complexity index is 950. The molecule has 0 atom stereocenters. The number of rotatable bonds is 5. The average Bonchev–Trinajstić information content (AvgIpc) is 3.26. The van der Waals surface area contributed by atoms with Gasteiger partial charge in [0.1, 0.15) is 17.3 Å². The molecule has 25 heavy (non-hydrogen) atoms. The van der Waals surface area contributed by atoms with Crippen LogP contribution in [0.2, 0.25) is 0 Å². The predicted molar refractivity (Wildman–Crippen MR) is 90.1 cm³/mol. The van der Waals surface area contributed by atoms with E-state index in [9.17, 15) is 19.3 Å². The van der Waals surface area contributed by atoms with Crippen LogP contribution < -0.4 is 5.43 Å². The normalized spacial score (nSPS) is 10.9. The molecule has 2 aromatic heterocycles. The smallest absolute Gasteiger partial charge is 0.283 e. The highest BCUT2D eigenvalue weighted by molar-refractivity contribution is 7.12. The predicted octanol–water partition coefficient (Wildman–Crippen LogP) is 3.82. The number of thiophene rings is 1. The molecule has 0 aliphatic carbocycles. The topological polar surface area (TPSA) is 97.7 Å². The summed E-state index contributed by atoms with van der Waals surface area (Å²) < 4.78 is 18.6. The number of carbonyl (C=O) groups excluding carboxylic acids is 1. The standard InChI is InChI=1S/C16H10FN3O4S/c17-10-3-5-12(13(8-10)20(22)23)14-6-4-11(24-14)9-18-19-16(21)15-2-1-7-25-15/h1-9H,(H,19,21)/b18-9-. The van der Waals surface area contributed by atoms with Gasteiger partial charge in [-0.15, -0.1) is 11.3 Å². The van der Waals surface area contributed by atoms with Crippen molar-refractivity contribution in [3.05, 3.63) is 74.4 Å². The van der Waals surface area contributed by atoms with Crippen molar-refractivity contribution in [2.75, 3.05) is 0 Å². The third-order valence-electron chi connectivity index (χ3n) is 3.15. The van der Waals surface area contributed by atoms with Gasteiger partial charge in [0, 0.05) is 0 Å². The average molecular weight is 359 g/mol. The molecule has 3 rings (SSSR count). The lowest BCUT2D eigenvalue weighted by Gasteiger charge is -1.99. The third-order valence-corrected chi connectivity index (χ3v) is 4.02. The second-order valence-electron chi connectivity index (χ2n) is 4.80. The van der Waals surface area contributed by atoms with Crippen LogP contribution in [0.15, 0.2) is 57.4 Å². The van der Waals surface area contributed by atoms with Gasteiger partial charge in [0.25, 0.3) is 11.6 Å². The molecule has 3 aromatic rings. The number of hydrazone groups is 1. The van der Waals surface area contributed by atoms with Crippen LogP contribution in [-0.4, -0.2) is 17.0 Å². The monoisotopic (exact) mass is 359 g/mol. The van der Waals surface area contributed by atoms with Crippen molar-refractivity contribution in [2.45, 2.75) is 0 Å². The van der Waals surface area contributed by atoms with E-state index in [2.05, 4.69) is 10.5 Å². The largest absolute Gasteiger partial charge is 0.455 e. The molecule has 126 valence electrons. The molecule has 0 spiro atoms. The molecule has 7 nitrogen and oxygen atoms in total. The fourth-order valence-electron chi connectivity index (χ4n) is 2.05. The third kappa shape index (κ3) is 3.78. The molecule has 0 unspecified atom stereocenters. The summed E-state index contributed by atoms with van der Waals surface area (Å²) in [6.07, 6.45) is 1.27. The summed E-state index contributed by atoms with van der Waals surface area (Å²) in [4.78, 5) is 22.6. The quantitative estimate of drug-likeness (QED) is 0.425. The van der Waals surface area contributed by atoms with Gasteiger partial charge < -0.3 is 4.42 Å². The number of nitro benzene ring substituents is 1. The van der Waals surface area contributed by atoms with Crippen LogP contribution in [-0.2, 0) is 0 Å². The Hall–Kier alpha value is -3.33. The Labute approximate surface area is 144 Å². The van der Waals surface area contributed by atoms with Crippen LogP contribution in [0.4, 0.5) is 10.1 Å². The molecule has 1 amide bonds. The summed E-state index contributed by atoms with van der Waals surface area (Å²) in [5.74, 6) is -0.592. The van der Waals surface area contributed by atoms with E-state index >= 15 is 0 Å². The fraction of sp³-hybridized carbons (Fsp3) is 0. The number of hydrogen-bond acceptors (Lipinski definition) is 6. The molecule has 9 heteroatoms. The van der Waals surface area contributed by atoms with E-state index in [-0.39, 0.29) is 23.0 Å². The first-order valence-corrected chi connectivity index (χ1v) is 7.83. The molecule has 0 saturated heterocycles. The van der Waals surface area contributed by atoms with Crippen molar-refractivity contribution in [2.24, 2.45) is 5.10 Å². The van der Waals surface area contributed by atoms with E-state index in [4.69, 9.17) is 4.42 Å². The number of halogens is 1. The summed E-state index contributed by atoms with van der Waals surface area (Å²) in [7, 11) is 0. The number of nitrogens with one attached hydrogen (secondary N) is 1. The lowest BCUT2D eigenvalue weighted by Crippen LogP contribution is -2.15. The molecule has 1 aromatic carbocycles. The highest BCUT2D eigenvalue weighted by Crippen LogP contribution is 2.31. The number of furan rings is 1. The van der Waals surface area contributed by atoms with E-state index in [1.165, 1.54) is 35.8 Å². The van der Waals surface area contributed by atoms with Crippen LogP contribution in [0, 0.1) is 15.9 Å². The number of benzene rings is 1. The summed E-state index contributed by atoms with van der Waals surface area (Å²) in [5, 5.41) is 16.6. The van der Waals surface area contributed by atoms with Crippen molar-refractivity contribution in [1.82, 2.24) is 5.43 Å².